The first-order chi connectivity index (χ1) is 12.5. The monoisotopic (exact) mass is 377 g/mol. The van der Waals surface area contributed by atoms with Gasteiger partial charge in [-0.25, -0.2) is 4.98 Å². The summed E-state index contributed by atoms with van der Waals surface area (Å²) in [5, 5.41) is 13.2. The number of thiazole rings is 1. The van der Waals surface area contributed by atoms with Gasteiger partial charge >= 0.3 is 5.97 Å². The molecule has 142 valence electrons. The lowest BCUT2D eigenvalue weighted by molar-refractivity contribution is -0.149. The van der Waals surface area contributed by atoms with Crippen molar-refractivity contribution in [3.05, 3.63) is 16.1 Å². The molecule has 1 aliphatic carbocycles. The van der Waals surface area contributed by atoms with Crippen LogP contribution in [-0.2, 0) is 22.6 Å². The summed E-state index contributed by atoms with van der Waals surface area (Å²) < 4.78 is 0. The number of carboxylic acids is 1. The van der Waals surface area contributed by atoms with Crippen LogP contribution in [0.3, 0.4) is 0 Å². The zero-order valence-electron chi connectivity index (χ0n) is 15.3. The normalized spacial score (nSPS) is 29.4. The number of hydrogen-bond acceptors (Lipinski definition) is 5. The summed E-state index contributed by atoms with van der Waals surface area (Å²) in [6, 6.07) is 0. The predicted molar refractivity (Wildman–Crippen MR) is 98.9 cm³/mol. The van der Waals surface area contributed by atoms with E-state index in [1.165, 1.54) is 0 Å². The summed E-state index contributed by atoms with van der Waals surface area (Å²) in [5.74, 6) is -0.414. The number of aromatic nitrogens is 1. The van der Waals surface area contributed by atoms with E-state index in [-0.39, 0.29) is 17.7 Å². The molecule has 0 spiro atoms. The maximum atomic E-state index is 12.8. The van der Waals surface area contributed by atoms with Crippen molar-refractivity contribution in [3.63, 3.8) is 0 Å². The minimum Gasteiger partial charge on any atom is -0.481 e. The minimum absolute atomic E-state index is 0.0228. The van der Waals surface area contributed by atoms with Crippen molar-refractivity contribution in [3.8, 4) is 0 Å². The first-order valence-corrected chi connectivity index (χ1v) is 10.6. The molecule has 1 saturated carbocycles. The number of aliphatic carboxylic acids is 1. The molecule has 4 rings (SSSR count). The number of amides is 1. The third-order valence-electron chi connectivity index (χ3n) is 6.41. The molecule has 2 atom stereocenters. The Morgan fingerprint density at radius 3 is 2.69 bits per heavy atom. The van der Waals surface area contributed by atoms with E-state index >= 15 is 0 Å². The maximum absolute atomic E-state index is 12.8. The van der Waals surface area contributed by atoms with Crippen molar-refractivity contribution in [2.24, 2.45) is 17.3 Å². The van der Waals surface area contributed by atoms with Crippen LogP contribution in [0.4, 0.5) is 0 Å². The van der Waals surface area contributed by atoms with Gasteiger partial charge in [0.1, 0.15) is 5.41 Å². The highest BCUT2D eigenvalue weighted by Crippen LogP contribution is 2.44. The van der Waals surface area contributed by atoms with Crippen LogP contribution in [0.5, 0.6) is 0 Å². The molecule has 0 radical (unpaired) electrons. The molecule has 0 aromatic carbocycles. The summed E-state index contributed by atoms with van der Waals surface area (Å²) in [7, 11) is 0. The Labute approximate surface area is 158 Å². The van der Waals surface area contributed by atoms with Gasteiger partial charge in [0.15, 0.2) is 0 Å². The third kappa shape index (κ3) is 3.05. The van der Waals surface area contributed by atoms with Gasteiger partial charge in [0, 0.05) is 49.9 Å². The highest BCUT2D eigenvalue weighted by molar-refractivity contribution is 7.09. The van der Waals surface area contributed by atoms with Gasteiger partial charge in [0.25, 0.3) is 0 Å². The summed E-state index contributed by atoms with van der Waals surface area (Å²) in [4.78, 5) is 33.6. The van der Waals surface area contributed by atoms with Crippen molar-refractivity contribution in [2.75, 3.05) is 26.2 Å². The number of rotatable bonds is 5. The molecule has 26 heavy (non-hydrogen) atoms. The molecule has 3 fully saturated rings. The van der Waals surface area contributed by atoms with E-state index in [0.717, 1.165) is 49.4 Å². The maximum Gasteiger partial charge on any atom is 0.313 e. The van der Waals surface area contributed by atoms with Crippen LogP contribution in [0.25, 0.3) is 0 Å². The molecule has 6 nitrogen and oxygen atoms in total. The van der Waals surface area contributed by atoms with Crippen molar-refractivity contribution in [1.29, 1.82) is 0 Å². The summed E-state index contributed by atoms with van der Waals surface area (Å²) in [5.41, 5.74) is 0.226. The molecule has 0 bridgehead atoms. The van der Waals surface area contributed by atoms with Gasteiger partial charge in [-0.15, -0.1) is 11.3 Å². The molecule has 2 saturated heterocycles. The lowest BCUT2D eigenvalue weighted by Gasteiger charge is -2.26. The van der Waals surface area contributed by atoms with Gasteiger partial charge in [-0.3, -0.25) is 14.5 Å². The highest BCUT2D eigenvalue weighted by Gasteiger charge is 2.58. The summed E-state index contributed by atoms with van der Waals surface area (Å²) in [6.07, 6.45) is 5.12. The Morgan fingerprint density at radius 1 is 1.31 bits per heavy atom. The molecule has 3 aliphatic rings. The van der Waals surface area contributed by atoms with E-state index in [1.807, 2.05) is 4.90 Å². The second-order valence-corrected chi connectivity index (χ2v) is 9.06. The van der Waals surface area contributed by atoms with Crippen LogP contribution in [0, 0.1) is 17.3 Å². The van der Waals surface area contributed by atoms with Crippen LogP contribution in [0.2, 0.25) is 0 Å². The molecular formula is C19H27N3O3S. The van der Waals surface area contributed by atoms with Gasteiger partial charge in [0.2, 0.25) is 5.91 Å². The van der Waals surface area contributed by atoms with Gasteiger partial charge in [-0.1, -0.05) is 19.8 Å². The molecule has 1 aromatic heterocycles. The number of nitrogens with zero attached hydrogens (tertiary/aromatic N) is 3. The lowest BCUT2D eigenvalue weighted by Crippen LogP contribution is -2.43. The minimum atomic E-state index is -0.808. The molecule has 1 aromatic rings. The Hall–Kier alpha value is -1.47. The lowest BCUT2D eigenvalue weighted by atomic mass is 9.81. The van der Waals surface area contributed by atoms with Crippen LogP contribution in [-0.4, -0.2) is 57.9 Å². The van der Waals surface area contributed by atoms with Crippen molar-refractivity contribution < 1.29 is 14.7 Å². The van der Waals surface area contributed by atoms with Crippen LogP contribution < -0.4 is 0 Å². The van der Waals surface area contributed by atoms with Crippen LogP contribution in [0.1, 0.15) is 43.3 Å². The first-order valence-electron chi connectivity index (χ1n) is 9.69. The fourth-order valence-electron chi connectivity index (χ4n) is 5.00. The molecule has 0 unspecified atom stereocenters. The number of carbonyl (C=O) groups excluding carboxylic acids is 1. The third-order valence-corrected chi connectivity index (χ3v) is 7.45. The Balaban J connectivity index is 1.44. The van der Waals surface area contributed by atoms with E-state index in [2.05, 4.69) is 22.2 Å². The number of carbonyl (C=O) groups is 2. The standard InChI is InChI=1S/C19H27N3O3S/c1-2-16-20-15(10-26-16)9-21-7-14-8-22(12-19(14,11-21)18(24)25)17(23)13-5-3-4-6-13/h10,13-14H,2-9,11-12H2,1H3,(H,24,25)/t14-,19-/m0/s1. The molecular weight excluding hydrogens is 350 g/mol. The van der Waals surface area contributed by atoms with Crippen LogP contribution >= 0.6 is 11.3 Å². The van der Waals surface area contributed by atoms with E-state index in [4.69, 9.17) is 0 Å². The average Bonchev–Trinajstić information content (AvgIpc) is 3.37. The molecule has 1 amide bonds. The SMILES string of the molecule is CCc1nc(CN2C[C@H]3CN(C(=O)C4CCCC4)C[C@@]3(C(=O)O)C2)cs1. The molecule has 1 N–H and O–H groups in total. The quantitative estimate of drug-likeness (QED) is 0.852. The summed E-state index contributed by atoms with van der Waals surface area (Å²) >= 11 is 1.67. The van der Waals surface area contributed by atoms with E-state index in [1.54, 1.807) is 11.3 Å². The molecule has 3 heterocycles. The van der Waals surface area contributed by atoms with E-state index < -0.39 is 11.4 Å². The molecule has 7 heteroatoms. The zero-order chi connectivity index (χ0) is 18.3. The molecule has 2 aliphatic heterocycles. The first kappa shape index (κ1) is 17.9. The topological polar surface area (TPSA) is 73.7 Å². The van der Waals surface area contributed by atoms with Crippen molar-refractivity contribution in [1.82, 2.24) is 14.8 Å². The highest BCUT2D eigenvalue weighted by atomic mass is 32.1. The number of fused-ring (bicyclic) bond motifs is 1. The second kappa shape index (κ2) is 6.93. The largest absolute Gasteiger partial charge is 0.481 e. The number of carboxylic acid groups (broad SMARTS) is 1. The smallest absolute Gasteiger partial charge is 0.313 e. The van der Waals surface area contributed by atoms with Gasteiger partial charge in [-0.2, -0.15) is 0 Å². The van der Waals surface area contributed by atoms with Crippen molar-refractivity contribution in [2.45, 2.75) is 45.6 Å². The fourth-order valence-corrected chi connectivity index (χ4v) is 5.74. The van der Waals surface area contributed by atoms with Crippen molar-refractivity contribution >= 4 is 23.2 Å². The Bertz CT molecular complexity index is 700. The number of aryl methyl sites for hydroxylation is 1. The van der Waals surface area contributed by atoms with Gasteiger partial charge in [0.05, 0.1) is 10.7 Å². The fraction of sp³-hybridized carbons (Fsp3) is 0.737. The second-order valence-electron chi connectivity index (χ2n) is 8.11. The number of likely N-dealkylation sites (tertiary alicyclic amines) is 2. The summed E-state index contributed by atoms with van der Waals surface area (Å²) in [6.45, 7) is 5.02. The van der Waals surface area contributed by atoms with Gasteiger partial charge < -0.3 is 10.0 Å². The van der Waals surface area contributed by atoms with Crippen LogP contribution in [0.15, 0.2) is 5.38 Å². The average molecular weight is 378 g/mol. The van der Waals surface area contributed by atoms with Gasteiger partial charge in [-0.05, 0) is 19.3 Å². The van der Waals surface area contributed by atoms with E-state index in [0.29, 0.717) is 26.2 Å². The van der Waals surface area contributed by atoms with E-state index in [9.17, 15) is 14.7 Å². The Kier molecular flexibility index (Phi) is 4.77. The number of hydrogen-bond donors (Lipinski definition) is 1. The zero-order valence-corrected chi connectivity index (χ0v) is 16.1. The Morgan fingerprint density at radius 2 is 2.08 bits per heavy atom. The predicted octanol–water partition coefficient (Wildman–Crippen LogP) is 2.24.